The van der Waals surface area contributed by atoms with Crippen molar-refractivity contribution < 1.29 is 4.42 Å². The van der Waals surface area contributed by atoms with E-state index in [4.69, 9.17) is 34.3 Å². The van der Waals surface area contributed by atoms with Crippen molar-refractivity contribution in [3.63, 3.8) is 0 Å². The fourth-order valence-corrected chi connectivity index (χ4v) is 20.2. The number of nitrogens with zero attached hydrogens (tertiary/aromatic N) is 10. The van der Waals surface area contributed by atoms with E-state index in [2.05, 4.69) is 334 Å². The van der Waals surface area contributed by atoms with E-state index in [0.717, 1.165) is 139 Å². The van der Waals surface area contributed by atoms with Crippen LogP contribution in [0.5, 0.6) is 0 Å². The summed E-state index contributed by atoms with van der Waals surface area (Å²) in [6.45, 7) is 0. The normalized spacial score (nSPS) is 11.8. The number of pyridine rings is 1. The van der Waals surface area contributed by atoms with E-state index in [1.54, 1.807) is 0 Å². The van der Waals surface area contributed by atoms with Crippen molar-refractivity contribution in [2.45, 2.75) is 0 Å². The van der Waals surface area contributed by atoms with E-state index in [-0.39, 0.29) is 0 Å². The molecule has 9 aromatic heterocycles. The van der Waals surface area contributed by atoms with Gasteiger partial charge in [-0.05, 0) is 180 Å². The average molecular weight is 1630 g/mol. The zero-order valence-corrected chi connectivity index (χ0v) is 68.5. The molecule has 0 N–H and O–H groups in total. The quantitative estimate of drug-likeness (QED) is 0.120. The number of hydrogen-bond donors (Lipinski definition) is 0. The van der Waals surface area contributed by atoms with Gasteiger partial charge < -0.3 is 18.1 Å². The van der Waals surface area contributed by atoms with Gasteiger partial charge in [-0.3, -0.25) is 4.57 Å². The molecular weight excluding hydrogens is 1560 g/mol. The van der Waals surface area contributed by atoms with Crippen LogP contribution in [0, 0.1) is 0 Å². The van der Waals surface area contributed by atoms with Gasteiger partial charge in [0.2, 0.25) is 0 Å². The lowest BCUT2D eigenvalue weighted by Gasteiger charge is -2.11. The van der Waals surface area contributed by atoms with Crippen LogP contribution < -0.4 is 0 Å². The highest BCUT2D eigenvalue weighted by Gasteiger charge is 2.25. The fraction of sp³-hybridized carbons (Fsp3) is 0. The highest BCUT2D eigenvalue weighted by molar-refractivity contribution is 7.26. The molecule has 0 aliphatic carbocycles. The summed E-state index contributed by atoms with van der Waals surface area (Å²) in [5.41, 5.74) is 26.6. The Morgan fingerprint density at radius 3 is 1.13 bits per heavy atom. The number of para-hydroxylation sites is 5. The van der Waals surface area contributed by atoms with Crippen molar-refractivity contribution in [1.82, 2.24) is 48.2 Å². The van der Waals surface area contributed by atoms with Crippen LogP contribution in [-0.4, -0.2) is 48.2 Å². The fourth-order valence-electron chi connectivity index (χ4n) is 18.9. The Morgan fingerprint density at radius 2 is 0.579 bits per heavy atom. The number of aromatic nitrogens is 10. The van der Waals surface area contributed by atoms with Gasteiger partial charge >= 0.3 is 0 Å². The van der Waals surface area contributed by atoms with Crippen molar-refractivity contribution >= 4 is 141 Å². The molecule has 12 heteroatoms. The molecule has 588 valence electrons. The standard InChI is InChI=1S/C58H36N4O.C56H34N6S/c1-4-14-37(15-5-1)48-36-49(38-16-6-2-7-17-38)60-58(59-48)39-24-28-43(29-25-39)61-50-22-12-10-20-44(50)46-34-40(26-30-51(46)61)41-27-31-52-47(35-41)56-53(62(52)42-18-8-3-9-19-42)32-33-55-57(56)45-21-11-13-23-54(45)63-55;1-4-14-35(15-5-1)54-58-55(36-16-6-2-7-17-36)60-56(59-54)39-26-31-51(57-34-39)62-46-22-12-10-20-41(46)44-32-37(24-28-47(44)62)38-25-29-48-45(33-38)52-49(61(48)40-18-8-3-9-19-40)30-27-43-42-21-11-13-23-50(42)63-53(43)52/h1-36H;1-34H. The number of hydrogen-bond acceptors (Lipinski definition) is 8. The van der Waals surface area contributed by atoms with Crippen LogP contribution in [-0.2, 0) is 0 Å². The van der Waals surface area contributed by atoms with E-state index >= 15 is 0 Å². The molecule has 17 aromatic carbocycles. The lowest BCUT2D eigenvalue weighted by Crippen LogP contribution is -2.01. The predicted molar refractivity (Wildman–Crippen MR) is 521 cm³/mol. The molecule has 0 radical (unpaired) electrons. The molecule has 26 rings (SSSR count). The molecule has 0 saturated heterocycles. The molecule has 0 fully saturated rings. The average Bonchev–Trinajstić information content (AvgIpc) is 1.55. The van der Waals surface area contributed by atoms with Gasteiger partial charge in [0, 0.05) is 131 Å². The maximum Gasteiger partial charge on any atom is 0.165 e. The molecule has 0 unspecified atom stereocenters. The maximum atomic E-state index is 6.42. The summed E-state index contributed by atoms with van der Waals surface area (Å²) in [4.78, 5) is 30.0. The Labute approximate surface area is 726 Å². The topological polar surface area (TPSA) is 110 Å². The molecular formula is C114H70N10OS. The molecule has 0 bridgehead atoms. The summed E-state index contributed by atoms with van der Waals surface area (Å²) < 4.78 is 18.5. The third-order valence-corrected chi connectivity index (χ3v) is 26.0. The number of rotatable bonds is 12. The summed E-state index contributed by atoms with van der Waals surface area (Å²) in [5, 5.41) is 14.6. The predicted octanol–water partition coefficient (Wildman–Crippen LogP) is 29.7. The Kier molecular flexibility index (Phi) is 16.9. The molecule has 0 spiro atoms. The third-order valence-electron chi connectivity index (χ3n) is 24.8. The molecule has 126 heavy (non-hydrogen) atoms. The monoisotopic (exact) mass is 1630 g/mol. The molecule has 0 saturated carbocycles. The van der Waals surface area contributed by atoms with Crippen LogP contribution in [0.4, 0.5) is 0 Å². The summed E-state index contributed by atoms with van der Waals surface area (Å²) in [6.07, 6.45) is 1.87. The van der Waals surface area contributed by atoms with Crippen LogP contribution in [0.3, 0.4) is 0 Å². The summed E-state index contributed by atoms with van der Waals surface area (Å²) >= 11 is 1.89. The van der Waals surface area contributed by atoms with Gasteiger partial charge in [-0.1, -0.05) is 261 Å². The van der Waals surface area contributed by atoms with Crippen molar-refractivity contribution in [2.75, 3.05) is 0 Å². The highest BCUT2D eigenvalue weighted by atomic mass is 32.1. The molecule has 26 aromatic rings. The summed E-state index contributed by atoms with van der Waals surface area (Å²) in [6, 6.07) is 148. The number of thiophene rings is 1. The van der Waals surface area contributed by atoms with Crippen LogP contribution >= 0.6 is 11.3 Å². The highest BCUT2D eigenvalue weighted by Crippen LogP contribution is 2.48. The Balaban J connectivity index is 0.000000137. The van der Waals surface area contributed by atoms with E-state index < -0.39 is 0 Å². The number of benzene rings is 17. The second-order valence-electron chi connectivity index (χ2n) is 32.0. The second-order valence-corrected chi connectivity index (χ2v) is 33.1. The maximum absolute atomic E-state index is 6.42. The minimum atomic E-state index is 0.575. The zero-order chi connectivity index (χ0) is 82.9. The Morgan fingerprint density at radius 1 is 0.206 bits per heavy atom. The van der Waals surface area contributed by atoms with E-state index in [9.17, 15) is 0 Å². The van der Waals surface area contributed by atoms with Gasteiger partial charge in [0.15, 0.2) is 23.3 Å². The Hall–Kier alpha value is -16.8. The SMILES string of the molecule is c1ccc(-c2cc(-c3ccccc3)nc(-c3ccc(-n4c5ccccc5c5cc(-c6ccc7c(c6)c6c8c(ccc6n7-c6ccccc6)oc6ccccc68)ccc54)cc3)n2)cc1.c1ccc(-c2nc(-c3ccccc3)nc(-c3ccc(-n4c5ccccc5c5cc(-c6ccc7c(c6)c6c8sc9ccccc9c8ccc6n7-c6ccccc6)ccc54)nc3)n2)cc1. The summed E-state index contributed by atoms with van der Waals surface area (Å²) in [5.74, 6) is 3.33. The van der Waals surface area contributed by atoms with Gasteiger partial charge in [-0.15, -0.1) is 11.3 Å². The lowest BCUT2D eigenvalue weighted by atomic mass is 9.99. The smallest absolute Gasteiger partial charge is 0.165 e. The molecule has 9 heterocycles. The van der Waals surface area contributed by atoms with E-state index in [1.165, 1.54) is 79.9 Å². The number of fused-ring (bicyclic) bond motifs is 20. The largest absolute Gasteiger partial charge is 0.456 e. The first kappa shape index (κ1) is 72.1. The first-order valence-electron chi connectivity index (χ1n) is 42.4. The van der Waals surface area contributed by atoms with Crippen LogP contribution in [0.1, 0.15) is 0 Å². The number of furan rings is 1. The van der Waals surface area contributed by atoms with Crippen molar-refractivity contribution in [3.05, 3.63) is 425 Å². The van der Waals surface area contributed by atoms with Crippen molar-refractivity contribution in [3.8, 4) is 113 Å². The van der Waals surface area contributed by atoms with Crippen LogP contribution in [0.2, 0.25) is 0 Å². The van der Waals surface area contributed by atoms with E-state index in [1.807, 2.05) is 121 Å². The van der Waals surface area contributed by atoms with Gasteiger partial charge in [0.25, 0.3) is 0 Å². The first-order valence-corrected chi connectivity index (χ1v) is 43.2. The molecule has 0 aliphatic rings. The molecule has 0 atom stereocenters. The molecule has 11 nitrogen and oxygen atoms in total. The minimum Gasteiger partial charge on any atom is -0.456 e. The Bertz CT molecular complexity index is 8680. The van der Waals surface area contributed by atoms with Crippen LogP contribution in [0.15, 0.2) is 429 Å². The van der Waals surface area contributed by atoms with Gasteiger partial charge in [0.05, 0.1) is 55.5 Å². The van der Waals surface area contributed by atoms with Crippen molar-refractivity contribution in [1.29, 1.82) is 0 Å². The van der Waals surface area contributed by atoms with Gasteiger partial charge in [0.1, 0.15) is 17.0 Å². The van der Waals surface area contributed by atoms with E-state index in [0.29, 0.717) is 23.3 Å². The van der Waals surface area contributed by atoms with Crippen LogP contribution in [0.25, 0.3) is 243 Å². The van der Waals surface area contributed by atoms with Gasteiger partial charge in [-0.2, -0.15) is 0 Å². The van der Waals surface area contributed by atoms with Crippen molar-refractivity contribution in [2.24, 2.45) is 0 Å². The molecule has 0 aliphatic heterocycles. The third kappa shape index (κ3) is 12.0. The molecule has 0 amide bonds. The zero-order valence-electron chi connectivity index (χ0n) is 67.7. The lowest BCUT2D eigenvalue weighted by molar-refractivity contribution is 0.669. The summed E-state index contributed by atoms with van der Waals surface area (Å²) in [7, 11) is 0. The first-order chi connectivity index (χ1) is 62.5. The minimum absolute atomic E-state index is 0.575. The van der Waals surface area contributed by atoms with Gasteiger partial charge in [-0.25, -0.2) is 29.9 Å². The second kappa shape index (κ2) is 29.5.